The highest BCUT2D eigenvalue weighted by Gasteiger charge is 2.33. The number of carbonyl (C=O) groups is 1. The molecular formula is C12H13F3N2O4S. The number of nitro benzene ring substituents is 1. The van der Waals surface area contributed by atoms with Crippen molar-refractivity contribution in [3.05, 3.63) is 33.9 Å². The molecule has 0 saturated heterocycles. The van der Waals surface area contributed by atoms with Crippen LogP contribution in [0.4, 0.5) is 24.5 Å². The molecule has 1 rings (SSSR count). The Balaban J connectivity index is 3.12. The highest BCUT2D eigenvalue weighted by Crippen LogP contribution is 2.35. The molecule has 0 unspecified atom stereocenters. The van der Waals surface area contributed by atoms with Gasteiger partial charge in [-0.05, 0) is 30.6 Å². The van der Waals surface area contributed by atoms with Gasteiger partial charge in [-0.25, -0.2) is 4.79 Å². The van der Waals surface area contributed by atoms with Gasteiger partial charge in [0.15, 0.2) is 0 Å². The number of anilines is 1. The van der Waals surface area contributed by atoms with Crippen molar-refractivity contribution in [2.45, 2.75) is 18.6 Å². The molecule has 0 aliphatic heterocycles. The minimum absolute atomic E-state index is 0.175. The number of benzene rings is 1. The summed E-state index contributed by atoms with van der Waals surface area (Å²) < 4.78 is 37.7. The SMILES string of the molecule is CSCC[C@@H](Nc1ccc(C(F)(F)F)cc1[N+](=O)[O-])C(=O)O. The van der Waals surface area contributed by atoms with Crippen molar-refractivity contribution in [1.29, 1.82) is 0 Å². The van der Waals surface area contributed by atoms with E-state index < -0.39 is 34.4 Å². The lowest BCUT2D eigenvalue weighted by molar-refractivity contribution is -0.384. The second kappa shape index (κ2) is 7.34. The van der Waals surface area contributed by atoms with Crippen LogP contribution in [-0.4, -0.2) is 34.0 Å². The van der Waals surface area contributed by atoms with Crippen LogP contribution >= 0.6 is 11.8 Å². The van der Waals surface area contributed by atoms with Crippen LogP contribution in [0, 0.1) is 10.1 Å². The largest absolute Gasteiger partial charge is 0.480 e. The second-order valence-electron chi connectivity index (χ2n) is 4.30. The zero-order valence-corrected chi connectivity index (χ0v) is 12.2. The molecule has 0 amide bonds. The van der Waals surface area contributed by atoms with Crippen LogP contribution < -0.4 is 5.32 Å². The van der Waals surface area contributed by atoms with E-state index in [1.54, 1.807) is 6.26 Å². The summed E-state index contributed by atoms with van der Waals surface area (Å²) in [6, 6.07) is 0.803. The first-order chi connectivity index (χ1) is 10.2. The maximum Gasteiger partial charge on any atom is 0.416 e. The molecule has 0 aliphatic carbocycles. The molecule has 0 aromatic heterocycles. The van der Waals surface area contributed by atoms with Gasteiger partial charge < -0.3 is 10.4 Å². The van der Waals surface area contributed by atoms with E-state index in [-0.39, 0.29) is 12.1 Å². The first kappa shape index (κ1) is 18.1. The molecule has 1 aromatic carbocycles. The van der Waals surface area contributed by atoms with E-state index in [0.717, 1.165) is 6.07 Å². The van der Waals surface area contributed by atoms with Crippen molar-refractivity contribution in [1.82, 2.24) is 0 Å². The Kier molecular flexibility index (Phi) is 6.03. The lowest BCUT2D eigenvalue weighted by Crippen LogP contribution is -2.30. The number of alkyl halides is 3. The summed E-state index contributed by atoms with van der Waals surface area (Å²) >= 11 is 1.39. The first-order valence-electron chi connectivity index (χ1n) is 6.00. The summed E-state index contributed by atoms with van der Waals surface area (Å²) in [5.74, 6) is -0.749. The molecule has 0 radical (unpaired) electrons. The Bertz CT molecular complexity index is 566. The van der Waals surface area contributed by atoms with Crippen molar-refractivity contribution in [3.8, 4) is 0 Å². The Morgan fingerprint density at radius 2 is 2.14 bits per heavy atom. The lowest BCUT2D eigenvalue weighted by atomic mass is 10.1. The third-order valence-electron chi connectivity index (χ3n) is 2.76. The summed E-state index contributed by atoms with van der Waals surface area (Å²) in [4.78, 5) is 21.0. The van der Waals surface area contributed by atoms with Gasteiger partial charge in [0.1, 0.15) is 11.7 Å². The van der Waals surface area contributed by atoms with E-state index in [2.05, 4.69) is 5.32 Å². The third-order valence-corrected chi connectivity index (χ3v) is 3.40. The average molecular weight is 338 g/mol. The van der Waals surface area contributed by atoms with Crippen LogP contribution in [0.15, 0.2) is 18.2 Å². The number of rotatable bonds is 7. The summed E-state index contributed by atoms with van der Waals surface area (Å²) in [6.07, 6.45) is -2.78. The number of carboxylic acid groups (broad SMARTS) is 1. The predicted molar refractivity (Wildman–Crippen MR) is 76.1 cm³/mol. The monoisotopic (exact) mass is 338 g/mol. The fourth-order valence-corrected chi connectivity index (χ4v) is 2.13. The van der Waals surface area contributed by atoms with Crippen molar-refractivity contribution in [3.63, 3.8) is 0 Å². The maximum atomic E-state index is 12.6. The van der Waals surface area contributed by atoms with Crippen molar-refractivity contribution < 1.29 is 28.0 Å². The summed E-state index contributed by atoms with van der Waals surface area (Å²) in [5.41, 5.74) is -2.24. The van der Waals surface area contributed by atoms with Crippen LogP contribution in [0.1, 0.15) is 12.0 Å². The summed E-state index contributed by atoms with van der Waals surface area (Å²) in [6.45, 7) is 0. The van der Waals surface area contributed by atoms with Gasteiger partial charge in [0.05, 0.1) is 10.5 Å². The average Bonchev–Trinajstić information content (AvgIpc) is 2.41. The molecule has 0 bridgehead atoms. The van der Waals surface area contributed by atoms with E-state index in [0.29, 0.717) is 17.9 Å². The van der Waals surface area contributed by atoms with Crippen molar-refractivity contribution in [2.24, 2.45) is 0 Å². The number of hydrogen-bond acceptors (Lipinski definition) is 5. The number of carboxylic acids is 1. The van der Waals surface area contributed by atoms with Crippen molar-refractivity contribution in [2.75, 3.05) is 17.3 Å². The molecule has 22 heavy (non-hydrogen) atoms. The normalized spacial score (nSPS) is 12.7. The number of nitrogens with one attached hydrogen (secondary N) is 1. The maximum absolute atomic E-state index is 12.6. The summed E-state index contributed by atoms with van der Waals surface area (Å²) in [5, 5.41) is 22.4. The fourth-order valence-electron chi connectivity index (χ4n) is 1.66. The zero-order valence-electron chi connectivity index (χ0n) is 11.4. The molecule has 0 fully saturated rings. The molecule has 0 spiro atoms. The number of hydrogen-bond donors (Lipinski definition) is 2. The van der Waals surface area contributed by atoms with Crippen LogP contribution in [0.2, 0.25) is 0 Å². The zero-order chi connectivity index (χ0) is 16.9. The topological polar surface area (TPSA) is 92.5 Å². The van der Waals surface area contributed by atoms with E-state index >= 15 is 0 Å². The van der Waals surface area contributed by atoms with Gasteiger partial charge in [0.25, 0.3) is 5.69 Å². The molecule has 1 atom stereocenters. The van der Waals surface area contributed by atoms with Crippen LogP contribution in [-0.2, 0) is 11.0 Å². The number of nitrogens with zero attached hydrogens (tertiary/aromatic N) is 1. The fraction of sp³-hybridized carbons (Fsp3) is 0.417. The molecular weight excluding hydrogens is 325 g/mol. The van der Waals surface area contributed by atoms with E-state index in [1.807, 2.05) is 0 Å². The number of halogens is 3. The Morgan fingerprint density at radius 3 is 2.59 bits per heavy atom. The number of aliphatic carboxylic acids is 1. The molecule has 0 aliphatic rings. The highest BCUT2D eigenvalue weighted by molar-refractivity contribution is 7.98. The van der Waals surface area contributed by atoms with E-state index in [9.17, 15) is 28.1 Å². The van der Waals surface area contributed by atoms with Gasteiger partial charge in [-0.1, -0.05) is 0 Å². The quantitative estimate of drug-likeness (QED) is 0.586. The third kappa shape index (κ3) is 4.79. The Labute approximate surface area is 127 Å². The smallest absolute Gasteiger partial charge is 0.416 e. The second-order valence-corrected chi connectivity index (χ2v) is 5.29. The number of nitro groups is 1. The van der Waals surface area contributed by atoms with E-state index in [4.69, 9.17) is 5.11 Å². The van der Waals surface area contributed by atoms with Gasteiger partial charge in [-0.15, -0.1) is 0 Å². The van der Waals surface area contributed by atoms with Crippen molar-refractivity contribution >= 4 is 29.1 Å². The van der Waals surface area contributed by atoms with Gasteiger partial charge in [0, 0.05) is 6.07 Å². The molecule has 0 saturated carbocycles. The molecule has 1 aromatic rings. The lowest BCUT2D eigenvalue weighted by Gasteiger charge is -2.16. The minimum Gasteiger partial charge on any atom is -0.480 e. The molecule has 10 heteroatoms. The standard InChI is InChI=1S/C12H13F3N2O4S/c1-22-5-4-9(11(18)19)16-8-3-2-7(12(13,14)15)6-10(8)17(20)21/h2-3,6,9,16H,4-5H2,1H3,(H,18,19)/t9-/m1/s1. The summed E-state index contributed by atoms with van der Waals surface area (Å²) in [7, 11) is 0. The molecule has 2 N–H and O–H groups in total. The Hall–Kier alpha value is -1.97. The van der Waals surface area contributed by atoms with Crippen LogP contribution in [0.3, 0.4) is 0 Å². The van der Waals surface area contributed by atoms with Gasteiger partial charge in [0.2, 0.25) is 0 Å². The van der Waals surface area contributed by atoms with Crippen LogP contribution in [0.25, 0.3) is 0 Å². The minimum atomic E-state index is -4.71. The van der Waals surface area contributed by atoms with Gasteiger partial charge in [-0.3, -0.25) is 10.1 Å². The van der Waals surface area contributed by atoms with Gasteiger partial charge >= 0.3 is 12.1 Å². The molecule has 122 valence electrons. The molecule has 6 nitrogen and oxygen atoms in total. The Morgan fingerprint density at radius 1 is 1.50 bits per heavy atom. The molecule has 0 heterocycles. The highest BCUT2D eigenvalue weighted by atomic mass is 32.2. The van der Waals surface area contributed by atoms with Gasteiger partial charge in [-0.2, -0.15) is 24.9 Å². The van der Waals surface area contributed by atoms with E-state index in [1.165, 1.54) is 11.8 Å². The first-order valence-corrected chi connectivity index (χ1v) is 7.40. The number of thioether (sulfide) groups is 1. The van der Waals surface area contributed by atoms with Crippen LogP contribution in [0.5, 0.6) is 0 Å². The predicted octanol–water partition coefficient (Wildman–Crippen LogP) is 3.23.